The summed E-state index contributed by atoms with van der Waals surface area (Å²) in [7, 11) is 3.48. The van der Waals surface area contributed by atoms with Crippen LogP contribution in [0.25, 0.3) is 10.9 Å². The third kappa shape index (κ3) is 4.58. The van der Waals surface area contributed by atoms with E-state index in [9.17, 15) is 9.18 Å². The highest BCUT2D eigenvalue weighted by molar-refractivity contribution is 5.84. The molecule has 2 aromatic carbocycles. The molecule has 0 saturated carbocycles. The van der Waals surface area contributed by atoms with Gasteiger partial charge in [-0.05, 0) is 42.8 Å². The Morgan fingerprint density at radius 2 is 2.04 bits per heavy atom. The van der Waals surface area contributed by atoms with E-state index in [1.807, 2.05) is 53.0 Å². The molecule has 142 valence electrons. The highest BCUT2D eigenvalue weighted by Crippen LogP contribution is 2.21. The summed E-state index contributed by atoms with van der Waals surface area (Å²) in [6, 6.07) is 14.4. The number of nitrogens with one attached hydrogen (secondary N) is 1. The Labute approximate surface area is 158 Å². The van der Waals surface area contributed by atoms with E-state index in [4.69, 9.17) is 4.74 Å². The number of aromatic nitrogens is 1. The van der Waals surface area contributed by atoms with Crippen molar-refractivity contribution in [2.75, 3.05) is 32.1 Å². The van der Waals surface area contributed by atoms with Gasteiger partial charge in [0, 0.05) is 37.2 Å². The van der Waals surface area contributed by atoms with Gasteiger partial charge in [0.1, 0.15) is 18.1 Å². The number of para-hydroxylation sites is 1. The number of hydrogen-bond acceptors (Lipinski definition) is 3. The molecule has 27 heavy (non-hydrogen) atoms. The number of anilines is 1. The van der Waals surface area contributed by atoms with Crippen molar-refractivity contribution < 1.29 is 13.9 Å². The van der Waals surface area contributed by atoms with Gasteiger partial charge >= 0.3 is 0 Å². The van der Waals surface area contributed by atoms with Crippen LogP contribution in [0, 0.1) is 5.82 Å². The van der Waals surface area contributed by atoms with Crippen LogP contribution in [0.5, 0.6) is 5.75 Å². The Morgan fingerprint density at radius 3 is 2.81 bits per heavy atom. The average molecular weight is 369 g/mol. The molecule has 0 saturated heterocycles. The number of methoxy groups -OCH3 is 1. The molecule has 5 nitrogen and oxygen atoms in total. The molecule has 0 atom stereocenters. The van der Waals surface area contributed by atoms with Crippen molar-refractivity contribution in [1.29, 1.82) is 0 Å². The van der Waals surface area contributed by atoms with Crippen LogP contribution in [0.1, 0.15) is 6.42 Å². The van der Waals surface area contributed by atoms with Crippen molar-refractivity contribution >= 4 is 22.5 Å². The second-order valence-corrected chi connectivity index (χ2v) is 6.44. The summed E-state index contributed by atoms with van der Waals surface area (Å²) >= 11 is 0. The van der Waals surface area contributed by atoms with Crippen LogP contribution in [0.15, 0.2) is 54.7 Å². The van der Waals surface area contributed by atoms with Gasteiger partial charge in [0.15, 0.2) is 0 Å². The Morgan fingerprint density at radius 1 is 1.22 bits per heavy atom. The summed E-state index contributed by atoms with van der Waals surface area (Å²) in [5, 5.41) is 3.96. The average Bonchev–Trinajstić information content (AvgIpc) is 3.07. The van der Waals surface area contributed by atoms with Gasteiger partial charge in [-0.1, -0.05) is 12.1 Å². The maximum atomic E-state index is 13.7. The Bertz CT molecular complexity index is 923. The van der Waals surface area contributed by atoms with E-state index in [2.05, 4.69) is 5.32 Å². The van der Waals surface area contributed by atoms with Crippen LogP contribution in [0.3, 0.4) is 0 Å². The normalized spacial score (nSPS) is 10.8. The molecule has 0 spiro atoms. The maximum absolute atomic E-state index is 13.7. The minimum atomic E-state index is -0.236. The topological polar surface area (TPSA) is 46.5 Å². The number of carbonyl (C=O) groups excluding carboxylic acids is 1. The minimum Gasteiger partial charge on any atom is -0.497 e. The van der Waals surface area contributed by atoms with Gasteiger partial charge in [0.05, 0.1) is 12.8 Å². The number of ether oxygens (including phenoxy) is 1. The van der Waals surface area contributed by atoms with Crippen LogP contribution in [0.2, 0.25) is 0 Å². The number of hydrogen-bond donors (Lipinski definition) is 1. The third-order valence-electron chi connectivity index (χ3n) is 4.55. The fraction of sp³-hybridized carbons (Fsp3) is 0.286. The molecule has 1 aromatic heterocycles. The second kappa shape index (κ2) is 8.58. The highest BCUT2D eigenvalue weighted by Gasteiger charge is 2.08. The molecule has 0 aliphatic rings. The number of halogens is 1. The lowest BCUT2D eigenvalue weighted by Crippen LogP contribution is -2.30. The number of amides is 1. The lowest BCUT2D eigenvalue weighted by atomic mass is 10.2. The molecule has 0 radical (unpaired) electrons. The highest BCUT2D eigenvalue weighted by atomic mass is 19.1. The second-order valence-electron chi connectivity index (χ2n) is 6.44. The van der Waals surface area contributed by atoms with Crippen molar-refractivity contribution in [2.45, 2.75) is 13.0 Å². The van der Waals surface area contributed by atoms with Gasteiger partial charge in [-0.25, -0.2) is 4.39 Å². The predicted octanol–water partition coefficient (Wildman–Crippen LogP) is 3.43. The van der Waals surface area contributed by atoms with E-state index in [0.717, 1.165) is 23.1 Å². The van der Waals surface area contributed by atoms with Gasteiger partial charge in [0.2, 0.25) is 5.91 Å². The fourth-order valence-electron chi connectivity index (χ4n) is 3.08. The molecule has 6 heteroatoms. The predicted molar refractivity (Wildman–Crippen MR) is 106 cm³/mol. The number of benzene rings is 2. The van der Waals surface area contributed by atoms with E-state index in [0.29, 0.717) is 18.8 Å². The Balaban J connectivity index is 1.47. The molecule has 1 amide bonds. The molecule has 0 aliphatic heterocycles. The molecule has 0 fully saturated rings. The van der Waals surface area contributed by atoms with Crippen molar-refractivity contribution in [2.24, 2.45) is 0 Å². The van der Waals surface area contributed by atoms with E-state index >= 15 is 0 Å². The summed E-state index contributed by atoms with van der Waals surface area (Å²) in [6.07, 6.45) is 2.63. The van der Waals surface area contributed by atoms with Crippen molar-refractivity contribution in [3.05, 3.63) is 60.5 Å². The Hall–Kier alpha value is -3.02. The van der Waals surface area contributed by atoms with Gasteiger partial charge in [-0.3, -0.25) is 4.79 Å². The van der Waals surface area contributed by atoms with Gasteiger partial charge < -0.3 is 19.5 Å². The van der Waals surface area contributed by atoms with Crippen LogP contribution in [-0.2, 0) is 11.3 Å². The SMILES string of the molecule is COc1ccc2c(ccn2CC(=O)NCCCN(C)c2ccccc2F)c1. The van der Waals surface area contributed by atoms with Gasteiger partial charge in [-0.2, -0.15) is 0 Å². The summed E-state index contributed by atoms with van der Waals surface area (Å²) in [4.78, 5) is 14.1. The fourth-order valence-corrected chi connectivity index (χ4v) is 3.08. The first-order chi connectivity index (χ1) is 13.1. The van der Waals surface area contributed by atoms with Gasteiger partial charge in [-0.15, -0.1) is 0 Å². The van der Waals surface area contributed by atoms with Crippen molar-refractivity contribution in [3.8, 4) is 5.75 Å². The zero-order chi connectivity index (χ0) is 19.2. The molecule has 0 aliphatic carbocycles. The monoisotopic (exact) mass is 369 g/mol. The summed E-state index contributed by atoms with van der Waals surface area (Å²) < 4.78 is 20.9. The first kappa shape index (κ1) is 18.8. The number of carbonyl (C=O) groups is 1. The molecule has 3 aromatic rings. The molecule has 1 heterocycles. The number of rotatable bonds is 8. The van der Waals surface area contributed by atoms with Gasteiger partial charge in [0.25, 0.3) is 0 Å². The minimum absolute atomic E-state index is 0.0446. The van der Waals surface area contributed by atoms with E-state index in [1.165, 1.54) is 6.07 Å². The standard InChI is InChI=1S/C21H24FN3O2/c1-24(20-7-4-3-6-18(20)22)12-5-11-23-21(26)15-25-13-10-16-14-17(27-2)8-9-19(16)25/h3-4,6-10,13-14H,5,11-12,15H2,1-2H3,(H,23,26). The van der Waals surface area contributed by atoms with Crippen molar-refractivity contribution in [1.82, 2.24) is 9.88 Å². The number of nitrogens with zero attached hydrogens (tertiary/aromatic N) is 2. The lowest BCUT2D eigenvalue weighted by molar-refractivity contribution is -0.121. The van der Waals surface area contributed by atoms with Crippen LogP contribution in [0.4, 0.5) is 10.1 Å². The molecular weight excluding hydrogens is 345 g/mol. The quantitative estimate of drug-likeness (QED) is 0.619. The van der Waals surface area contributed by atoms with Crippen LogP contribution in [-0.4, -0.2) is 37.7 Å². The molecule has 3 rings (SSSR count). The van der Waals surface area contributed by atoms with E-state index in [1.54, 1.807) is 19.2 Å². The first-order valence-electron chi connectivity index (χ1n) is 8.94. The summed E-state index contributed by atoms with van der Waals surface area (Å²) in [5.41, 5.74) is 1.56. The van der Waals surface area contributed by atoms with E-state index < -0.39 is 0 Å². The molecule has 0 bridgehead atoms. The van der Waals surface area contributed by atoms with E-state index in [-0.39, 0.29) is 18.3 Å². The first-order valence-corrected chi connectivity index (χ1v) is 8.94. The zero-order valence-corrected chi connectivity index (χ0v) is 15.6. The smallest absolute Gasteiger partial charge is 0.239 e. The maximum Gasteiger partial charge on any atom is 0.239 e. The largest absolute Gasteiger partial charge is 0.497 e. The lowest BCUT2D eigenvalue weighted by Gasteiger charge is -2.19. The van der Waals surface area contributed by atoms with Crippen LogP contribution < -0.4 is 15.0 Å². The van der Waals surface area contributed by atoms with Crippen LogP contribution >= 0.6 is 0 Å². The summed E-state index contributed by atoms with van der Waals surface area (Å²) in [6.45, 7) is 1.47. The van der Waals surface area contributed by atoms with Crippen molar-refractivity contribution in [3.63, 3.8) is 0 Å². The zero-order valence-electron chi connectivity index (χ0n) is 15.6. The molecular formula is C21H24FN3O2. The number of fused-ring (bicyclic) bond motifs is 1. The molecule has 1 N–H and O–H groups in total. The Kier molecular flexibility index (Phi) is 5.96. The summed E-state index contributed by atoms with van der Waals surface area (Å²) in [5.74, 6) is 0.515. The molecule has 0 unspecified atom stereocenters. The third-order valence-corrected chi connectivity index (χ3v) is 4.55.